The summed E-state index contributed by atoms with van der Waals surface area (Å²) >= 11 is 0. The maximum absolute atomic E-state index is 10.7. The summed E-state index contributed by atoms with van der Waals surface area (Å²) in [6, 6.07) is -1.03. The number of carboxylic acids is 2. The van der Waals surface area contributed by atoms with Gasteiger partial charge >= 0.3 is 11.9 Å². The molecule has 0 saturated carbocycles. The highest BCUT2D eigenvalue weighted by Crippen LogP contribution is 2.03. The molecule has 0 aliphatic rings. The zero-order valence-electron chi connectivity index (χ0n) is 8.80. The van der Waals surface area contributed by atoms with Crippen LogP contribution < -0.4 is 5.32 Å². The molecule has 88 valence electrons. The molecule has 0 fully saturated rings. The summed E-state index contributed by atoms with van der Waals surface area (Å²) in [5.41, 5.74) is 0. The van der Waals surface area contributed by atoms with E-state index in [1.54, 1.807) is 13.8 Å². The van der Waals surface area contributed by atoms with Gasteiger partial charge in [-0.1, -0.05) is 13.8 Å². The van der Waals surface area contributed by atoms with Crippen LogP contribution in [0, 0.1) is 5.92 Å². The molecule has 2 unspecified atom stereocenters. The Kier molecular flexibility index (Phi) is 5.88. The Hall–Kier alpha value is -1.14. The van der Waals surface area contributed by atoms with E-state index in [2.05, 4.69) is 5.32 Å². The van der Waals surface area contributed by atoms with Crippen LogP contribution in [0.25, 0.3) is 0 Å². The van der Waals surface area contributed by atoms with Crippen molar-refractivity contribution in [1.82, 2.24) is 5.32 Å². The van der Waals surface area contributed by atoms with Crippen molar-refractivity contribution >= 4 is 11.9 Å². The van der Waals surface area contributed by atoms with Gasteiger partial charge in [-0.15, -0.1) is 0 Å². The Morgan fingerprint density at radius 2 is 1.80 bits per heavy atom. The van der Waals surface area contributed by atoms with Gasteiger partial charge in [0, 0.05) is 6.42 Å². The minimum Gasteiger partial charge on any atom is -0.481 e. The number of carboxylic acid groups (broad SMARTS) is 2. The molecule has 0 saturated heterocycles. The maximum atomic E-state index is 10.7. The summed E-state index contributed by atoms with van der Waals surface area (Å²) in [4.78, 5) is 21.0. The van der Waals surface area contributed by atoms with Crippen molar-refractivity contribution in [3.63, 3.8) is 0 Å². The van der Waals surface area contributed by atoms with E-state index >= 15 is 0 Å². The minimum atomic E-state index is -1.16. The SMILES string of the molecule is CC(C)C(O)NC(CCC(=O)O)C(=O)O. The fourth-order valence-corrected chi connectivity index (χ4v) is 0.944. The van der Waals surface area contributed by atoms with E-state index in [9.17, 15) is 14.7 Å². The molecule has 0 aromatic heterocycles. The number of rotatable bonds is 7. The van der Waals surface area contributed by atoms with Gasteiger partial charge in [-0.25, -0.2) is 0 Å². The molecule has 0 radical (unpaired) electrons. The van der Waals surface area contributed by atoms with Gasteiger partial charge in [0.1, 0.15) is 12.3 Å². The lowest BCUT2D eigenvalue weighted by Crippen LogP contribution is -2.45. The fourth-order valence-electron chi connectivity index (χ4n) is 0.944. The molecule has 0 aliphatic heterocycles. The topological polar surface area (TPSA) is 107 Å². The molecule has 0 amide bonds. The molecule has 4 N–H and O–H groups in total. The van der Waals surface area contributed by atoms with Crippen molar-refractivity contribution in [2.24, 2.45) is 5.92 Å². The van der Waals surface area contributed by atoms with Crippen LogP contribution in [-0.4, -0.2) is 39.5 Å². The van der Waals surface area contributed by atoms with Crippen molar-refractivity contribution in [2.45, 2.75) is 39.0 Å². The first-order valence-corrected chi connectivity index (χ1v) is 4.73. The quantitative estimate of drug-likeness (QED) is 0.444. The molecule has 0 aromatic carbocycles. The molecule has 15 heavy (non-hydrogen) atoms. The summed E-state index contributed by atoms with van der Waals surface area (Å²) in [6.07, 6.45) is -1.23. The van der Waals surface area contributed by atoms with Crippen LogP contribution in [0.4, 0.5) is 0 Å². The van der Waals surface area contributed by atoms with Gasteiger partial charge in [-0.2, -0.15) is 0 Å². The number of aliphatic hydroxyl groups is 1. The van der Waals surface area contributed by atoms with Crippen molar-refractivity contribution in [1.29, 1.82) is 0 Å². The van der Waals surface area contributed by atoms with Crippen LogP contribution in [0.15, 0.2) is 0 Å². The van der Waals surface area contributed by atoms with Crippen LogP contribution >= 0.6 is 0 Å². The standard InChI is InChI=1S/C9H17NO5/c1-5(2)8(13)10-6(9(14)15)3-4-7(11)12/h5-6,8,10,13H,3-4H2,1-2H3,(H,11,12)(H,14,15). The zero-order chi connectivity index (χ0) is 12.0. The Morgan fingerprint density at radius 1 is 1.27 bits per heavy atom. The van der Waals surface area contributed by atoms with Gasteiger partial charge in [0.2, 0.25) is 0 Å². The van der Waals surface area contributed by atoms with E-state index in [0.717, 1.165) is 0 Å². The van der Waals surface area contributed by atoms with Crippen molar-refractivity contribution in [3.8, 4) is 0 Å². The largest absolute Gasteiger partial charge is 0.481 e. The summed E-state index contributed by atoms with van der Waals surface area (Å²) < 4.78 is 0. The average molecular weight is 219 g/mol. The van der Waals surface area contributed by atoms with Gasteiger partial charge in [0.05, 0.1) is 0 Å². The first kappa shape index (κ1) is 13.9. The van der Waals surface area contributed by atoms with Crippen LogP contribution in [0.5, 0.6) is 0 Å². The lowest BCUT2D eigenvalue weighted by atomic mass is 10.1. The monoisotopic (exact) mass is 219 g/mol. The Morgan fingerprint density at radius 3 is 2.13 bits per heavy atom. The number of aliphatic carboxylic acids is 2. The lowest BCUT2D eigenvalue weighted by molar-refractivity contribution is -0.142. The summed E-state index contributed by atoms with van der Waals surface area (Å²) in [5, 5.41) is 29.0. The Bertz CT molecular complexity index is 229. The van der Waals surface area contributed by atoms with Gasteiger partial charge in [0.25, 0.3) is 0 Å². The number of hydrogen-bond donors (Lipinski definition) is 4. The predicted octanol–water partition coefficient (Wildman–Crippen LogP) is -0.132. The molecular weight excluding hydrogens is 202 g/mol. The lowest BCUT2D eigenvalue weighted by Gasteiger charge is -2.21. The van der Waals surface area contributed by atoms with Crippen LogP contribution in [0.2, 0.25) is 0 Å². The van der Waals surface area contributed by atoms with Gasteiger partial charge < -0.3 is 15.3 Å². The van der Waals surface area contributed by atoms with E-state index in [4.69, 9.17) is 10.2 Å². The number of carbonyl (C=O) groups is 2. The van der Waals surface area contributed by atoms with E-state index in [1.807, 2.05) is 0 Å². The highest BCUT2D eigenvalue weighted by molar-refractivity contribution is 5.75. The first-order chi connectivity index (χ1) is 6.84. The molecule has 0 aromatic rings. The maximum Gasteiger partial charge on any atom is 0.320 e. The summed E-state index contributed by atoms with van der Waals surface area (Å²) in [6.45, 7) is 3.46. The number of aliphatic hydroxyl groups excluding tert-OH is 1. The third-order valence-corrected chi connectivity index (χ3v) is 1.95. The third kappa shape index (κ3) is 6.03. The molecule has 0 aliphatic carbocycles. The molecule has 0 rings (SSSR count). The smallest absolute Gasteiger partial charge is 0.320 e. The average Bonchev–Trinajstić information content (AvgIpc) is 2.10. The molecular formula is C9H17NO5. The molecule has 0 heterocycles. The number of hydrogen-bond acceptors (Lipinski definition) is 4. The number of nitrogens with one attached hydrogen (secondary N) is 1. The molecule has 0 spiro atoms. The fraction of sp³-hybridized carbons (Fsp3) is 0.778. The minimum absolute atomic E-state index is 0.0472. The van der Waals surface area contributed by atoms with Crippen LogP contribution in [0.3, 0.4) is 0 Å². The normalized spacial score (nSPS) is 14.9. The summed E-state index contributed by atoms with van der Waals surface area (Å²) in [7, 11) is 0. The zero-order valence-corrected chi connectivity index (χ0v) is 8.80. The predicted molar refractivity (Wildman–Crippen MR) is 52.3 cm³/mol. The van der Waals surface area contributed by atoms with E-state index in [1.165, 1.54) is 0 Å². The molecule has 6 nitrogen and oxygen atoms in total. The van der Waals surface area contributed by atoms with Crippen molar-refractivity contribution in [3.05, 3.63) is 0 Å². The van der Waals surface area contributed by atoms with E-state index in [-0.39, 0.29) is 18.8 Å². The highest BCUT2D eigenvalue weighted by Gasteiger charge is 2.22. The van der Waals surface area contributed by atoms with Gasteiger partial charge in [-0.3, -0.25) is 14.9 Å². The highest BCUT2D eigenvalue weighted by atomic mass is 16.4. The van der Waals surface area contributed by atoms with Crippen molar-refractivity contribution < 1.29 is 24.9 Å². The molecule has 2 atom stereocenters. The molecule has 6 heteroatoms. The van der Waals surface area contributed by atoms with Crippen molar-refractivity contribution in [2.75, 3.05) is 0 Å². The van der Waals surface area contributed by atoms with Gasteiger partial charge in [-0.05, 0) is 12.3 Å². The van der Waals surface area contributed by atoms with Crippen LogP contribution in [0.1, 0.15) is 26.7 Å². The second-order valence-corrected chi connectivity index (χ2v) is 3.68. The second kappa shape index (κ2) is 6.36. The Labute approximate surface area is 87.9 Å². The van der Waals surface area contributed by atoms with Gasteiger partial charge in [0.15, 0.2) is 0 Å². The third-order valence-electron chi connectivity index (χ3n) is 1.95. The van der Waals surface area contributed by atoms with Crippen LogP contribution in [-0.2, 0) is 9.59 Å². The molecule has 0 bridgehead atoms. The van der Waals surface area contributed by atoms with E-state index in [0.29, 0.717) is 0 Å². The first-order valence-electron chi connectivity index (χ1n) is 4.73. The summed E-state index contributed by atoms with van der Waals surface area (Å²) in [5.74, 6) is -2.34. The second-order valence-electron chi connectivity index (χ2n) is 3.68. The van der Waals surface area contributed by atoms with E-state index < -0.39 is 24.2 Å². The Balaban J connectivity index is 4.16.